The summed E-state index contributed by atoms with van der Waals surface area (Å²) in [4.78, 5) is 0. The van der Waals surface area contributed by atoms with Gasteiger partial charge in [-0.3, -0.25) is 0 Å². The first-order valence-corrected chi connectivity index (χ1v) is 6.39. The number of aryl methyl sites for hydroxylation is 1. The largest absolute Gasteiger partial charge is 0.493 e. The van der Waals surface area contributed by atoms with Gasteiger partial charge in [0, 0.05) is 0 Å². The second kappa shape index (κ2) is 4.22. The maximum Gasteiger partial charge on any atom is 0.165 e. The molecule has 3 rings (SSSR count). The number of fused-ring (bicyclic) bond motifs is 1. The van der Waals surface area contributed by atoms with Crippen LogP contribution in [0, 0.1) is 0 Å². The molecule has 0 atom stereocenters. The van der Waals surface area contributed by atoms with Crippen molar-refractivity contribution >= 4 is 0 Å². The van der Waals surface area contributed by atoms with Crippen LogP contribution in [0.5, 0.6) is 11.5 Å². The molecular formula is C14H19NO2. The van der Waals surface area contributed by atoms with E-state index in [0.29, 0.717) is 0 Å². The summed E-state index contributed by atoms with van der Waals surface area (Å²) < 4.78 is 11.7. The molecule has 1 saturated heterocycles. The first-order valence-electron chi connectivity index (χ1n) is 6.39. The number of hydrogen-bond acceptors (Lipinski definition) is 3. The number of piperidine rings is 1. The van der Waals surface area contributed by atoms with Gasteiger partial charge < -0.3 is 14.8 Å². The Labute approximate surface area is 102 Å². The first-order chi connectivity index (χ1) is 8.33. The number of ether oxygens (including phenoxy) is 2. The van der Waals surface area contributed by atoms with Crippen molar-refractivity contribution in [1.82, 2.24) is 5.32 Å². The van der Waals surface area contributed by atoms with Crippen molar-refractivity contribution in [3.05, 3.63) is 23.8 Å². The van der Waals surface area contributed by atoms with Gasteiger partial charge in [-0.2, -0.15) is 0 Å². The Morgan fingerprint density at radius 2 is 2.06 bits per heavy atom. The van der Waals surface area contributed by atoms with Crippen molar-refractivity contribution < 1.29 is 9.47 Å². The standard InChI is InChI=1S/C14H19NO2/c1-16-12-4-2-3-11-5-6-14(17-13(11)12)7-9-15-10-8-14/h2-4,15H,5-10H2,1H3. The van der Waals surface area contributed by atoms with Gasteiger partial charge in [-0.15, -0.1) is 0 Å². The molecule has 0 aliphatic carbocycles. The minimum absolute atomic E-state index is 0.0485. The highest BCUT2D eigenvalue weighted by molar-refractivity contribution is 5.48. The molecule has 0 aromatic heterocycles. The lowest BCUT2D eigenvalue weighted by atomic mass is 9.83. The van der Waals surface area contributed by atoms with Crippen LogP contribution in [0.1, 0.15) is 24.8 Å². The van der Waals surface area contributed by atoms with Crippen molar-refractivity contribution in [1.29, 1.82) is 0 Å². The normalized spacial score (nSPS) is 21.7. The fourth-order valence-electron chi connectivity index (χ4n) is 2.90. The lowest BCUT2D eigenvalue weighted by Gasteiger charge is -2.42. The van der Waals surface area contributed by atoms with E-state index in [4.69, 9.17) is 9.47 Å². The van der Waals surface area contributed by atoms with Crippen molar-refractivity contribution in [2.45, 2.75) is 31.3 Å². The zero-order valence-corrected chi connectivity index (χ0v) is 10.3. The highest BCUT2D eigenvalue weighted by Gasteiger charge is 2.38. The maximum absolute atomic E-state index is 6.32. The van der Waals surface area contributed by atoms with E-state index in [-0.39, 0.29) is 5.60 Å². The molecule has 0 unspecified atom stereocenters. The summed E-state index contributed by atoms with van der Waals surface area (Å²) in [5, 5.41) is 3.40. The molecule has 0 bridgehead atoms. The number of rotatable bonds is 1. The first kappa shape index (κ1) is 10.9. The van der Waals surface area contributed by atoms with Crippen LogP contribution in [0.25, 0.3) is 0 Å². The summed E-state index contributed by atoms with van der Waals surface area (Å²) in [5.41, 5.74) is 1.33. The summed E-state index contributed by atoms with van der Waals surface area (Å²) >= 11 is 0. The average molecular weight is 233 g/mol. The molecular weight excluding hydrogens is 214 g/mol. The van der Waals surface area contributed by atoms with Gasteiger partial charge in [-0.05, 0) is 50.4 Å². The number of benzene rings is 1. The van der Waals surface area contributed by atoms with Gasteiger partial charge in [-0.1, -0.05) is 12.1 Å². The molecule has 2 aliphatic heterocycles. The van der Waals surface area contributed by atoms with Crippen molar-refractivity contribution in [3.8, 4) is 11.5 Å². The van der Waals surface area contributed by atoms with Crippen molar-refractivity contribution in [3.63, 3.8) is 0 Å². The van der Waals surface area contributed by atoms with Crippen LogP contribution < -0.4 is 14.8 Å². The Balaban J connectivity index is 1.93. The molecule has 92 valence electrons. The van der Waals surface area contributed by atoms with Crippen molar-refractivity contribution in [2.24, 2.45) is 0 Å². The molecule has 3 nitrogen and oxygen atoms in total. The average Bonchev–Trinajstić information content (AvgIpc) is 2.39. The second-order valence-electron chi connectivity index (χ2n) is 4.98. The lowest BCUT2D eigenvalue weighted by molar-refractivity contribution is 0.0145. The highest BCUT2D eigenvalue weighted by atomic mass is 16.5. The van der Waals surface area contributed by atoms with Crippen LogP contribution in [-0.2, 0) is 6.42 Å². The molecule has 1 N–H and O–H groups in total. The van der Waals surface area contributed by atoms with E-state index in [9.17, 15) is 0 Å². The molecule has 0 radical (unpaired) electrons. The third-order valence-electron chi connectivity index (χ3n) is 3.96. The molecule has 0 saturated carbocycles. The fraction of sp³-hybridized carbons (Fsp3) is 0.571. The van der Waals surface area contributed by atoms with Gasteiger partial charge in [-0.25, -0.2) is 0 Å². The minimum atomic E-state index is 0.0485. The van der Waals surface area contributed by atoms with Gasteiger partial charge >= 0.3 is 0 Å². The van der Waals surface area contributed by atoms with Gasteiger partial charge in [0.1, 0.15) is 5.60 Å². The van der Waals surface area contributed by atoms with Crippen LogP contribution >= 0.6 is 0 Å². The van der Waals surface area contributed by atoms with Gasteiger partial charge in [0.05, 0.1) is 7.11 Å². The molecule has 17 heavy (non-hydrogen) atoms. The topological polar surface area (TPSA) is 30.5 Å². The van der Waals surface area contributed by atoms with E-state index in [2.05, 4.69) is 11.4 Å². The molecule has 3 heteroatoms. The van der Waals surface area contributed by atoms with Crippen LogP contribution in [0.3, 0.4) is 0 Å². The Bertz CT molecular complexity index is 396. The molecule has 1 fully saturated rings. The Kier molecular flexibility index (Phi) is 2.71. The van der Waals surface area contributed by atoms with Crippen LogP contribution in [0.15, 0.2) is 18.2 Å². The van der Waals surface area contributed by atoms with E-state index < -0.39 is 0 Å². The SMILES string of the molecule is COc1cccc2c1OC1(CCNCC1)CC2. The predicted octanol–water partition coefficient (Wildman–Crippen LogP) is 2.14. The molecule has 0 amide bonds. The number of hydrogen-bond donors (Lipinski definition) is 1. The molecule has 1 aromatic carbocycles. The molecule has 2 aliphatic rings. The van der Waals surface area contributed by atoms with E-state index in [1.807, 2.05) is 12.1 Å². The molecule has 2 heterocycles. The van der Waals surface area contributed by atoms with Crippen LogP contribution in [0.2, 0.25) is 0 Å². The Morgan fingerprint density at radius 3 is 2.82 bits per heavy atom. The monoisotopic (exact) mass is 233 g/mol. The van der Waals surface area contributed by atoms with Gasteiger partial charge in [0.25, 0.3) is 0 Å². The van der Waals surface area contributed by atoms with E-state index in [1.165, 1.54) is 5.56 Å². The molecule has 1 aromatic rings. The van der Waals surface area contributed by atoms with Gasteiger partial charge in [0.2, 0.25) is 0 Å². The van der Waals surface area contributed by atoms with Crippen LogP contribution in [-0.4, -0.2) is 25.8 Å². The van der Waals surface area contributed by atoms with E-state index in [0.717, 1.165) is 50.3 Å². The van der Waals surface area contributed by atoms with E-state index >= 15 is 0 Å². The summed E-state index contributed by atoms with van der Waals surface area (Å²) in [6, 6.07) is 6.17. The third-order valence-corrected chi connectivity index (χ3v) is 3.96. The highest BCUT2D eigenvalue weighted by Crippen LogP contribution is 2.42. The zero-order valence-electron chi connectivity index (χ0n) is 10.3. The predicted molar refractivity (Wildman–Crippen MR) is 66.8 cm³/mol. The summed E-state index contributed by atoms with van der Waals surface area (Å²) in [6.07, 6.45) is 4.44. The lowest BCUT2D eigenvalue weighted by Crippen LogP contribution is -2.48. The summed E-state index contributed by atoms with van der Waals surface area (Å²) in [7, 11) is 1.71. The minimum Gasteiger partial charge on any atom is -0.493 e. The smallest absolute Gasteiger partial charge is 0.165 e. The van der Waals surface area contributed by atoms with Gasteiger partial charge in [0.15, 0.2) is 11.5 Å². The number of nitrogens with one attached hydrogen (secondary N) is 1. The number of methoxy groups -OCH3 is 1. The van der Waals surface area contributed by atoms with Crippen LogP contribution in [0.4, 0.5) is 0 Å². The third kappa shape index (κ3) is 1.89. The van der Waals surface area contributed by atoms with Crippen molar-refractivity contribution in [2.75, 3.05) is 20.2 Å². The quantitative estimate of drug-likeness (QED) is 0.806. The molecule has 1 spiro atoms. The Hall–Kier alpha value is -1.22. The number of para-hydroxylation sites is 1. The summed E-state index contributed by atoms with van der Waals surface area (Å²) in [5.74, 6) is 1.85. The van der Waals surface area contributed by atoms with E-state index in [1.54, 1.807) is 7.11 Å². The fourth-order valence-corrected chi connectivity index (χ4v) is 2.90. The Morgan fingerprint density at radius 1 is 1.24 bits per heavy atom. The zero-order chi connectivity index (χ0) is 11.7. The second-order valence-corrected chi connectivity index (χ2v) is 4.98. The maximum atomic E-state index is 6.32. The summed E-state index contributed by atoms with van der Waals surface area (Å²) in [6.45, 7) is 2.12.